The third-order valence-electron chi connectivity index (χ3n) is 4.55. The number of aryl methyl sites for hydroxylation is 1. The highest BCUT2D eigenvalue weighted by Crippen LogP contribution is 2.29. The number of benzene rings is 4. The number of allylic oxidation sites excluding steroid dienone is 1. The first-order valence-electron chi connectivity index (χ1n) is 8.42. The molecule has 0 unspecified atom stereocenters. The van der Waals surface area contributed by atoms with Crippen LogP contribution >= 0.6 is 0 Å². The first-order valence-corrected chi connectivity index (χ1v) is 8.42. The van der Waals surface area contributed by atoms with Crippen LogP contribution in [0.2, 0.25) is 0 Å². The quantitative estimate of drug-likeness (QED) is 0.249. The molecule has 0 saturated carbocycles. The van der Waals surface area contributed by atoms with E-state index in [4.69, 9.17) is 0 Å². The summed E-state index contributed by atoms with van der Waals surface area (Å²) in [6.07, 6.45) is 3.63. The van der Waals surface area contributed by atoms with E-state index >= 15 is 0 Å². The molecule has 25 heavy (non-hydrogen) atoms. The number of hydrogen-bond donors (Lipinski definition) is 0. The number of ketones is 1. The summed E-state index contributed by atoms with van der Waals surface area (Å²) in [4.78, 5) is 12.5. The van der Waals surface area contributed by atoms with E-state index in [0.29, 0.717) is 5.56 Å². The molecule has 0 atom stereocenters. The van der Waals surface area contributed by atoms with Gasteiger partial charge in [0.05, 0.1) is 0 Å². The Labute approximate surface area is 147 Å². The van der Waals surface area contributed by atoms with Crippen LogP contribution in [0.25, 0.3) is 27.6 Å². The molecule has 0 radical (unpaired) electrons. The number of fused-ring (bicyclic) bond motifs is 2. The molecule has 0 saturated heterocycles. The van der Waals surface area contributed by atoms with E-state index in [2.05, 4.69) is 30.3 Å². The summed E-state index contributed by atoms with van der Waals surface area (Å²) in [7, 11) is 0. The number of carbonyl (C=O) groups excluding carboxylic acids is 1. The van der Waals surface area contributed by atoms with E-state index in [-0.39, 0.29) is 5.78 Å². The second-order valence-corrected chi connectivity index (χ2v) is 6.30. The Balaban J connectivity index is 1.84. The van der Waals surface area contributed by atoms with Crippen molar-refractivity contribution in [1.29, 1.82) is 0 Å². The van der Waals surface area contributed by atoms with Crippen LogP contribution in [-0.4, -0.2) is 5.78 Å². The third-order valence-corrected chi connectivity index (χ3v) is 4.55. The molecule has 4 aromatic rings. The normalized spacial score (nSPS) is 11.4. The van der Waals surface area contributed by atoms with E-state index in [1.54, 1.807) is 6.08 Å². The summed E-state index contributed by atoms with van der Waals surface area (Å²) in [5.74, 6) is 0.0250. The molecule has 0 N–H and O–H groups in total. The van der Waals surface area contributed by atoms with E-state index in [1.807, 2.05) is 61.5 Å². The number of rotatable bonds is 3. The van der Waals surface area contributed by atoms with E-state index in [9.17, 15) is 4.79 Å². The SMILES string of the molecule is Cc1ccc(C(=O)/C=C/c2c3ccccc3cc3ccccc23)cc1. The largest absolute Gasteiger partial charge is 0.289 e. The first kappa shape index (κ1) is 15.3. The van der Waals surface area contributed by atoms with Crippen molar-refractivity contribution in [2.45, 2.75) is 6.92 Å². The molecule has 1 nitrogen and oxygen atoms in total. The molecule has 4 rings (SSSR count). The molecule has 120 valence electrons. The summed E-state index contributed by atoms with van der Waals surface area (Å²) in [6, 6.07) is 26.5. The zero-order valence-electron chi connectivity index (χ0n) is 14.1. The molecule has 4 aromatic carbocycles. The minimum Gasteiger partial charge on any atom is -0.289 e. The van der Waals surface area contributed by atoms with Crippen molar-refractivity contribution in [1.82, 2.24) is 0 Å². The van der Waals surface area contributed by atoms with Gasteiger partial charge in [0.25, 0.3) is 0 Å². The van der Waals surface area contributed by atoms with Gasteiger partial charge in [-0.2, -0.15) is 0 Å². The van der Waals surface area contributed by atoms with Gasteiger partial charge in [0.2, 0.25) is 0 Å². The standard InChI is InChI=1S/C24H18O/c1-17-10-12-18(13-11-17)24(25)15-14-23-21-8-4-2-6-19(21)16-20-7-3-5-9-22(20)23/h2-16H,1H3/b15-14+. The molecular formula is C24H18O. The molecule has 0 bridgehead atoms. The number of hydrogen-bond acceptors (Lipinski definition) is 1. The summed E-state index contributed by atoms with van der Waals surface area (Å²) < 4.78 is 0. The van der Waals surface area contributed by atoms with Gasteiger partial charge in [0.15, 0.2) is 5.78 Å². The van der Waals surface area contributed by atoms with Crippen LogP contribution in [0.1, 0.15) is 21.5 Å². The maximum absolute atomic E-state index is 12.5. The second kappa shape index (κ2) is 6.37. The Bertz CT molecular complexity index is 1050. The van der Waals surface area contributed by atoms with Gasteiger partial charge in [-0.3, -0.25) is 4.79 Å². The van der Waals surface area contributed by atoms with Gasteiger partial charge in [0, 0.05) is 5.56 Å². The van der Waals surface area contributed by atoms with Gasteiger partial charge in [-0.15, -0.1) is 0 Å². The molecule has 0 aliphatic rings. The Kier molecular flexibility index (Phi) is 3.91. The van der Waals surface area contributed by atoms with Crippen molar-refractivity contribution in [3.05, 3.63) is 102 Å². The zero-order chi connectivity index (χ0) is 17.2. The van der Waals surface area contributed by atoms with Gasteiger partial charge < -0.3 is 0 Å². The van der Waals surface area contributed by atoms with Crippen LogP contribution in [0.4, 0.5) is 0 Å². The average Bonchev–Trinajstić information content (AvgIpc) is 2.65. The molecule has 0 spiro atoms. The van der Waals surface area contributed by atoms with Crippen LogP contribution in [0.5, 0.6) is 0 Å². The van der Waals surface area contributed by atoms with Crippen LogP contribution in [-0.2, 0) is 0 Å². The fourth-order valence-corrected chi connectivity index (χ4v) is 3.20. The maximum Gasteiger partial charge on any atom is 0.185 e. The van der Waals surface area contributed by atoms with Crippen molar-refractivity contribution in [3.8, 4) is 0 Å². The predicted octanol–water partition coefficient (Wildman–Crippen LogP) is 6.20. The molecule has 1 heteroatoms. The highest BCUT2D eigenvalue weighted by atomic mass is 16.1. The van der Waals surface area contributed by atoms with Crippen molar-refractivity contribution in [2.75, 3.05) is 0 Å². The molecule has 0 amide bonds. The fraction of sp³-hybridized carbons (Fsp3) is 0.0417. The fourth-order valence-electron chi connectivity index (χ4n) is 3.20. The lowest BCUT2D eigenvalue weighted by Gasteiger charge is -2.08. The molecular weight excluding hydrogens is 304 g/mol. The second-order valence-electron chi connectivity index (χ2n) is 6.30. The third kappa shape index (κ3) is 2.97. The highest BCUT2D eigenvalue weighted by molar-refractivity contribution is 6.11. The van der Waals surface area contributed by atoms with Crippen molar-refractivity contribution in [3.63, 3.8) is 0 Å². The Morgan fingerprint density at radius 3 is 1.92 bits per heavy atom. The smallest absolute Gasteiger partial charge is 0.185 e. The highest BCUT2D eigenvalue weighted by Gasteiger charge is 2.06. The summed E-state index contributed by atoms with van der Waals surface area (Å²) in [6.45, 7) is 2.02. The Morgan fingerprint density at radius 2 is 1.32 bits per heavy atom. The van der Waals surface area contributed by atoms with Crippen LogP contribution in [0, 0.1) is 6.92 Å². The minimum atomic E-state index is 0.0250. The van der Waals surface area contributed by atoms with Gasteiger partial charge in [-0.25, -0.2) is 0 Å². The van der Waals surface area contributed by atoms with E-state index < -0.39 is 0 Å². The lowest BCUT2D eigenvalue weighted by Crippen LogP contribution is -1.94. The van der Waals surface area contributed by atoms with Crippen LogP contribution < -0.4 is 0 Å². The molecule has 0 heterocycles. The monoisotopic (exact) mass is 322 g/mol. The molecule has 0 aliphatic carbocycles. The van der Waals surface area contributed by atoms with Crippen molar-refractivity contribution in [2.24, 2.45) is 0 Å². The Hall–Kier alpha value is -3.19. The van der Waals surface area contributed by atoms with E-state index in [0.717, 1.165) is 21.9 Å². The predicted molar refractivity (Wildman–Crippen MR) is 106 cm³/mol. The van der Waals surface area contributed by atoms with Crippen LogP contribution in [0.15, 0.2) is 84.9 Å². The van der Waals surface area contributed by atoms with E-state index in [1.165, 1.54) is 10.8 Å². The van der Waals surface area contributed by atoms with Gasteiger partial charge in [-0.1, -0.05) is 78.4 Å². The maximum atomic E-state index is 12.5. The minimum absolute atomic E-state index is 0.0250. The van der Waals surface area contributed by atoms with Crippen molar-refractivity contribution < 1.29 is 4.79 Å². The summed E-state index contributed by atoms with van der Waals surface area (Å²) >= 11 is 0. The van der Waals surface area contributed by atoms with Crippen LogP contribution in [0.3, 0.4) is 0 Å². The topological polar surface area (TPSA) is 17.1 Å². The zero-order valence-corrected chi connectivity index (χ0v) is 14.1. The van der Waals surface area contributed by atoms with Crippen molar-refractivity contribution >= 4 is 33.4 Å². The first-order chi connectivity index (χ1) is 12.2. The van der Waals surface area contributed by atoms with Gasteiger partial charge in [0.1, 0.15) is 0 Å². The molecule has 0 aliphatic heterocycles. The lowest BCUT2D eigenvalue weighted by atomic mass is 9.96. The van der Waals surface area contributed by atoms with Gasteiger partial charge >= 0.3 is 0 Å². The average molecular weight is 322 g/mol. The lowest BCUT2D eigenvalue weighted by molar-refractivity contribution is 0.104. The summed E-state index contributed by atoms with van der Waals surface area (Å²) in [5, 5.41) is 4.69. The van der Waals surface area contributed by atoms with Gasteiger partial charge in [-0.05, 0) is 52.3 Å². The molecule has 0 aromatic heterocycles. The summed E-state index contributed by atoms with van der Waals surface area (Å²) in [5.41, 5.74) is 2.96. The number of carbonyl (C=O) groups is 1. The Morgan fingerprint density at radius 1 is 0.760 bits per heavy atom. The molecule has 0 fully saturated rings.